The van der Waals surface area contributed by atoms with Crippen LogP contribution >= 0.6 is 0 Å². The third-order valence-electron chi connectivity index (χ3n) is 6.53. The van der Waals surface area contributed by atoms with Crippen LogP contribution in [0.2, 0.25) is 0 Å². The maximum absolute atomic E-state index is 5.35. The molecular formula is C36H31NO2. The highest BCUT2D eigenvalue weighted by molar-refractivity contribution is 5.82. The summed E-state index contributed by atoms with van der Waals surface area (Å²) in [5.74, 6) is 1.67. The predicted molar refractivity (Wildman–Crippen MR) is 163 cm³/mol. The molecule has 0 heterocycles. The van der Waals surface area contributed by atoms with Gasteiger partial charge < -0.3 is 14.4 Å². The van der Waals surface area contributed by atoms with E-state index in [1.54, 1.807) is 14.2 Å². The first-order valence-corrected chi connectivity index (χ1v) is 12.9. The number of methoxy groups -OCH3 is 2. The fourth-order valence-corrected chi connectivity index (χ4v) is 4.49. The standard InChI is InChI=1S/C36H31NO2/c1-38-34-24-18-29(19-25-34)36(30-20-26-35(39-2)27-21-30)15-9-10-28-16-22-33(23-17-28)37(31-11-5-3-6-12-31)32-13-7-4-8-14-32/h3-27H,1-2H3. The zero-order chi connectivity index (χ0) is 26.9. The van der Waals surface area contributed by atoms with Crippen molar-refractivity contribution >= 4 is 28.7 Å². The lowest BCUT2D eigenvalue weighted by Gasteiger charge is -2.25. The fraction of sp³-hybridized carbons (Fsp3) is 0.0556. The Kier molecular flexibility index (Phi) is 8.20. The van der Waals surface area contributed by atoms with Gasteiger partial charge in [0, 0.05) is 17.1 Å². The largest absolute Gasteiger partial charge is 0.497 e. The van der Waals surface area contributed by atoms with E-state index < -0.39 is 0 Å². The highest BCUT2D eigenvalue weighted by Crippen LogP contribution is 2.34. The molecule has 0 aromatic heterocycles. The van der Waals surface area contributed by atoms with Crippen LogP contribution in [0.1, 0.15) is 16.7 Å². The molecule has 0 N–H and O–H groups in total. The van der Waals surface area contributed by atoms with E-state index in [1.807, 2.05) is 36.4 Å². The second kappa shape index (κ2) is 12.5. The quantitative estimate of drug-likeness (QED) is 0.185. The predicted octanol–water partition coefficient (Wildman–Crippen LogP) is 9.32. The molecule has 5 rings (SSSR count). The Hall–Kier alpha value is -5.02. The molecule has 3 nitrogen and oxygen atoms in total. The number of nitrogens with zero attached hydrogens (tertiary/aromatic N) is 1. The zero-order valence-electron chi connectivity index (χ0n) is 22.2. The number of para-hydroxylation sites is 2. The van der Waals surface area contributed by atoms with Crippen LogP contribution in [-0.2, 0) is 0 Å². The van der Waals surface area contributed by atoms with Crippen LogP contribution in [0.3, 0.4) is 0 Å². The Morgan fingerprint density at radius 3 is 1.38 bits per heavy atom. The summed E-state index contributed by atoms with van der Waals surface area (Å²) in [5.41, 5.74) is 7.83. The van der Waals surface area contributed by atoms with Gasteiger partial charge in [-0.2, -0.15) is 0 Å². The van der Waals surface area contributed by atoms with Crippen LogP contribution in [0.4, 0.5) is 17.1 Å². The Morgan fingerprint density at radius 1 is 0.513 bits per heavy atom. The molecule has 0 fully saturated rings. The third kappa shape index (κ3) is 6.28. The molecule has 192 valence electrons. The lowest BCUT2D eigenvalue weighted by atomic mass is 9.97. The molecule has 0 spiro atoms. The van der Waals surface area contributed by atoms with Crippen LogP contribution in [0.5, 0.6) is 11.5 Å². The van der Waals surface area contributed by atoms with E-state index in [4.69, 9.17) is 9.47 Å². The molecule has 0 aliphatic rings. The summed E-state index contributed by atoms with van der Waals surface area (Å²) in [5, 5.41) is 0. The summed E-state index contributed by atoms with van der Waals surface area (Å²) in [6.45, 7) is 0. The molecule has 0 atom stereocenters. The molecule has 0 aliphatic heterocycles. The number of hydrogen-bond donors (Lipinski definition) is 0. The molecule has 39 heavy (non-hydrogen) atoms. The van der Waals surface area contributed by atoms with Gasteiger partial charge in [-0.3, -0.25) is 0 Å². The first-order valence-electron chi connectivity index (χ1n) is 12.9. The summed E-state index contributed by atoms with van der Waals surface area (Å²) < 4.78 is 10.7. The number of rotatable bonds is 9. The van der Waals surface area contributed by atoms with E-state index in [9.17, 15) is 0 Å². The minimum Gasteiger partial charge on any atom is -0.497 e. The van der Waals surface area contributed by atoms with E-state index in [2.05, 4.69) is 120 Å². The van der Waals surface area contributed by atoms with E-state index in [-0.39, 0.29) is 0 Å². The molecule has 0 radical (unpaired) electrons. The normalized spacial score (nSPS) is 10.7. The second-order valence-corrected chi connectivity index (χ2v) is 8.99. The molecule has 0 bridgehead atoms. The lowest BCUT2D eigenvalue weighted by Crippen LogP contribution is -2.09. The molecule has 3 heteroatoms. The van der Waals surface area contributed by atoms with Crippen molar-refractivity contribution in [2.24, 2.45) is 0 Å². The van der Waals surface area contributed by atoms with Gasteiger partial charge in [0.05, 0.1) is 14.2 Å². The number of ether oxygens (including phenoxy) is 2. The number of benzene rings is 5. The SMILES string of the molecule is COc1ccc(C(=CC=Cc2ccc(N(c3ccccc3)c3ccccc3)cc2)c2ccc(OC)cc2)cc1. The average Bonchev–Trinajstić information content (AvgIpc) is 3.01. The summed E-state index contributed by atoms with van der Waals surface area (Å²) in [7, 11) is 3.37. The Labute approximate surface area is 230 Å². The van der Waals surface area contributed by atoms with Gasteiger partial charge in [-0.05, 0) is 82.9 Å². The number of anilines is 3. The van der Waals surface area contributed by atoms with Crippen molar-refractivity contribution in [3.8, 4) is 11.5 Å². The van der Waals surface area contributed by atoms with Gasteiger partial charge in [-0.1, -0.05) is 91.0 Å². The molecule has 0 unspecified atom stereocenters. The van der Waals surface area contributed by atoms with E-state index in [0.717, 1.165) is 50.8 Å². The Balaban J connectivity index is 1.43. The molecule has 0 aliphatic carbocycles. The van der Waals surface area contributed by atoms with Gasteiger partial charge >= 0.3 is 0 Å². The van der Waals surface area contributed by atoms with Crippen molar-refractivity contribution < 1.29 is 9.47 Å². The second-order valence-electron chi connectivity index (χ2n) is 8.99. The highest BCUT2D eigenvalue weighted by atomic mass is 16.5. The van der Waals surface area contributed by atoms with Crippen molar-refractivity contribution in [2.75, 3.05) is 19.1 Å². The van der Waals surface area contributed by atoms with Crippen LogP contribution in [0.15, 0.2) is 146 Å². The van der Waals surface area contributed by atoms with Crippen LogP contribution in [0, 0.1) is 0 Å². The smallest absolute Gasteiger partial charge is 0.118 e. The summed E-state index contributed by atoms with van der Waals surface area (Å²) in [4.78, 5) is 2.26. The molecule has 5 aromatic rings. The van der Waals surface area contributed by atoms with Crippen LogP contribution in [-0.4, -0.2) is 14.2 Å². The van der Waals surface area contributed by atoms with Crippen molar-refractivity contribution in [1.29, 1.82) is 0 Å². The van der Waals surface area contributed by atoms with Gasteiger partial charge in [-0.25, -0.2) is 0 Å². The minimum absolute atomic E-state index is 0.837. The maximum Gasteiger partial charge on any atom is 0.118 e. The van der Waals surface area contributed by atoms with Crippen molar-refractivity contribution in [3.05, 3.63) is 162 Å². The first kappa shape index (κ1) is 25.6. The minimum atomic E-state index is 0.837. The Morgan fingerprint density at radius 2 is 0.949 bits per heavy atom. The van der Waals surface area contributed by atoms with E-state index in [0.29, 0.717) is 0 Å². The zero-order valence-corrected chi connectivity index (χ0v) is 22.2. The van der Waals surface area contributed by atoms with Gasteiger partial charge in [0.25, 0.3) is 0 Å². The molecule has 0 amide bonds. The molecule has 0 saturated heterocycles. The summed E-state index contributed by atoms with van der Waals surface area (Å²) in [6, 6.07) is 45.8. The average molecular weight is 510 g/mol. The Bertz CT molecular complexity index is 1430. The highest BCUT2D eigenvalue weighted by Gasteiger charge is 2.11. The van der Waals surface area contributed by atoms with E-state index >= 15 is 0 Å². The van der Waals surface area contributed by atoms with Crippen molar-refractivity contribution in [2.45, 2.75) is 0 Å². The van der Waals surface area contributed by atoms with Crippen LogP contribution in [0.25, 0.3) is 11.6 Å². The molecule has 0 saturated carbocycles. The van der Waals surface area contributed by atoms with Gasteiger partial charge in [-0.15, -0.1) is 0 Å². The molecule has 5 aromatic carbocycles. The third-order valence-corrected chi connectivity index (χ3v) is 6.53. The summed E-state index contributed by atoms with van der Waals surface area (Å²) in [6.07, 6.45) is 6.38. The monoisotopic (exact) mass is 509 g/mol. The van der Waals surface area contributed by atoms with Crippen molar-refractivity contribution in [3.63, 3.8) is 0 Å². The van der Waals surface area contributed by atoms with Gasteiger partial charge in [0.2, 0.25) is 0 Å². The first-order chi connectivity index (χ1) is 19.2. The van der Waals surface area contributed by atoms with Crippen LogP contribution < -0.4 is 14.4 Å². The van der Waals surface area contributed by atoms with E-state index in [1.165, 1.54) is 0 Å². The number of hydrogen-bond acceptors (Lipinski definition) is 3. The number of allylic oxidation sites excluding steroid dienone is 2. The molecular weight excluding hydrogens is 478 g/mol. The summed E-state index contributed by atoms with van der Waals surface area (Å²) >= 11 is 0. The van der Waals surface area contributed by atoms with Gasteiger partial charge in [0.15, 0.2) is 0 Å². The van der Waals surface area contributed by atoms with Crippen molar-refractivity contribution in [1.82, 2.24) is 0 Å². The topological polar surface area (TPSA) is 21.7 Å². The maximum atomic E-state index is 5.35. The lowest BCUT2D eigenvalue weighted by molar-refractivity contribution is 0.414. The fourth-order valence-electron chi connectivity index (χ4n) is 4.49. The van der Waals surface area contributed by atoms with Gasteiger partial charge in [0.1, 0.15) is 11.5 Å².